The molecule has 1 saturated heterocycles. The highest BCUT2D eigenvalue weighted by Crippen LogP contribution is 2.33. The standard InChI is InChI=1S/C19H22N2O2/c1-14-12-16(13-20-18(14)23-2)17-10-6-7-11-21(17)19(22)15-8-4-3-5-9-15/h3-5,8-9,12-13,17H,6-7,10-11H2,1-2H3. The molecule has 1 aliphatic heterocycles. The molecule has 23 heavy (non-hydrogen) atoms. The molecule has 0 aliphatic carbocycles. The van der Waals surface area contributed by atoms with Crippen LogP contribution in [-0.4, -0.2) is 29.4 Å². The summed E-state index contributed by atoms with van der Waals surface area (Å²) in [7, 11) is 1.63. The summed E-state index contributed by atoms with van der Waals surface area (Å²) < 4.78 is 5.24. The molecule has 1 amide bonds. The van der Waals surface area contributed by atoms with Crippen molar-refractivity contribution in [3.63, 3.8) is 0 Å². The lowest BCUT2D eigenvalue weighted by Crippen LogP contribution is -2.38. The van der Waals surface area contributed by atoms with Gasteiger partial charge in [0.2, 0.25) is 5.88 Å². The van der Waals surface area contributed by atoms with Crippen LogP contribution in [0.4, 0.5) is 0 Å². The molecule has 1 aromatic heterocycles. The highest BCUT2D eigenvalue weighted by Gasteiger charge is 2.29. The zero-order chi connectivity index (χ0) is 16.2. The first-order valence-corrected chi connectivity index (χ1v) is 8.07. The van der Waals surface area contributed by atoms with Crippen molar-refractivity contribution in [2.24, 2.45) is 0 Å². The summed E-state index contributed by atoms with van der Waals surface area (Å²) in [4.78, 5) is 19.2. The molecule has 1 atom stereocenters. The molecule has 120 valence electrons. The number of rotatable bonds is 3. The fraction of sp³-hybridized carbons (Fsp3) is 0.368. The number of carbonyl (C=O) groups is 1. The van der Waals surface area contributed by atoms with Crippen molar-refractivity contribution in [1.29, 1.82) is 0 Å². The molecule has 4 nitrogen and oxygen atoms in total. The van der Waals surface area contributed by atoms with E-state index in [-0.39, 0.29) is 11.9 Å². The normalized spacial score (nSPS) is 17.8. The molecule has 2 aromatic rings. The van der Waals surface area contributed by atoms with E-state index in [0.717, 1.165) is 42.5 Å². The Bertz CT molecular complexity index is 685. The summed E-state index contributed by atoms with van der Waals surface area (Å²) in [5.41, 5.74) is 2.84. The number of benzene rings is 1. The Balaban J connectivity index is 1.90. The average Bonchev–Trinajstić information content (AvgIpc) is 2.62. The molecule has 0 spiro atoms. The number of amides is 1. The van der Waals surface area contributed by atoms with Gasteiger partial charge in [0.25, 0.3) is 5.91 Å². The Hall–Kier alpha value is -2.36. The van der Waals surface area contributed by atoms with Crippen LogP contribution in [0, 0.1) is 6.92 Å². The second-order valence-electron chi connectivity index (χ2n) is 5.97. The van der Waals surface area contributed by atoms with Crippen molar-refractivity contribution in [2.45, 2.75) is 32.2 Å². The number of carbonyl (C=O) groups excluding carboxylic acids is 1. The van der Waals surface area contributed by atoms with Crippen LogP contribution >= 0.6 is 0 Å². The number of aromatic nitrogens is 1. The fourth-order valence-corrected chi connectivity index (χ4v) is 3.25. The Labute approximate surface area is 137 Å². The van der Waals surface area contributed by atoms with Crippen molar-refractivity contribution in [1.82, 2.24) is 9.88 Å². The van der Waals surface area contributed by atoms with Crippen LogP contribution in [0.2, 0.25) is 0 Å². The summed E-state index contributed by atoms with van der Waals surface area (Å²) >= 11 is 0. The first kappa shape index (κ1) is 15.5. The first-order chi connectivity index (χ1) is 11.2. The van der Waals surface area contributed by atoms with Crippen LogP contribution < -0.4 is 4.74 Å². The molecule has 3 rings (SSSR count). The van der Waals surface area contributed by atoms with Gasteiger partial charge < -0.3 is 9.64 Å². The van der Waals surface area contributed by atoms with Gasteiger partial charge in [0.1, 0.15) is 0 Å². The van der Waals surface area contributed by atoms with Gasteiger partial charge in [0.05, 0.1) is 13.2 Å². The van der Waals surface area contributed by atoms with Crippen LogP contribution in [0.15, 0.2) is 42.6 Å². The van der Waals surface area contributed by atoms with Crippen LogP contribution in [0.1, 0.15) is 46.8 Å². The van der Waals surface area contributed by atoms with Crippen LogP contribution in [-0.2, 0) is 0 Å². The van der Waals surface area contributed by atoms with Gasteiger partial charge in [-0.1, -0.05) is 18.2 Å². The SMILES string of the molecule is COc1ncc(C2CCCCN2C(=O)c2ccccc2)cc1C. The molecule has 1 fully saturated rings. The molecule has 4 heteroatoms. The molecule has 0 radical (unpaired) electrons. The second kappa shape index (κ2) is 6.82. The Morgan fingerprint density at radius 3 is 2.74 bits per heavy atom. The zero-order valence-corrected chi connectivity index (χ0v) is 13.7. The van der Waals surface area contributed by atoms with E-state index in [0.29, 0.717) is 5.88 Å². The number of piperidine rings is 1. The van der Waals surface area contributed by atoms with Gasteiger partial charge >= 0.3 is 0 Å². The predicted octanol–water partition coefficient (Wildman–Crippen LogP) is 3.77. The first-order valence-electron chi connectivity index (χ1n) is 8.07. The van der Waals surface area contributed by atoms with Crippen LogP contribution in [0.5, 0.6) is 5.88 Å². The van der Waals surface area contributed by atoms with E-state index in [1.54, 1.807) is 7.11 Å². The van der Waals surface area contributed by atoms with Gasteiger partial charge in [-0.05, 0) is 49.9 Å². The number of methoxy groups -OCH3 is 1. The van der Waals surface area contributed by atoms with Gasteiger partial charge in [-0.15, -0.1) is 0 Å². The fourth-order valence-electron chi connectivity index (χ4n) is 3.25. The Morgan fingerprint density at radius 1 is 1.26 bits per heavy atom. The Morgan fingerprint density at radius 2 is 2.04 bits per heavy atom. The molecule has 1 aromatic carbocycles. The minimum absolute atomic E-state index is 0.0913. The number of hydrogen-bond donors (Lipinski definition) is 0. The number of aryl methyl sites for hydroxylation is 1. The van der Waals surface area contributed by atoms with Gasteiger partial charge in [-0.2, -0.15) is 0 Å². The third-order valence-corrected chi connectivity index (χ3v) is 4.41. The van der Waals surface area contributed by atoms with E-state index < -0.39 is 0 Å². The highest BCUT2D eigenvalue weighted by molar-refractivity contribution is 5.94. The molecular weight excluding hydrogens is 288 g/mol. The maximum absolute atomic E-state index is 12.9. The highest BCUT2D eigenvalue weighted by atomic mass is 16.5. The largest absolute Gasteiger partial charge is 0.481 e. The quantitative estimate of drug-likeness (QED) is 0.866. The molecule has 0 saturated carbocycles. The summed E-state index contributed by atoms with van der Waals surface area (Å²) in [6.07, 6.45) is 5.01. The molecule has 1 aliphatic rings. The molecule has 1 unspecified atom stereocenters. The van der Waals surface area contributed by atoms with Gasteiger partial charge in [-0.3, -0.25) is 4.79 Å². The lowest BCUT2D eigenvalue weighted by Gasteiger charge is -2.36. The molecule has 0 bridgehead atoms. The van der Waals surface area contributed by atoms with Crippen molar-refractivity contribution in [3.05, 3.63) is 59.3 Å². The van der Waals surface area contributed by atoms with Crippen LogP contribution in [0.25, 0.3) is 0 Å². The smallest absolute Gasteiger partial charge is 0.254 e. The number of hydrogen-bond acceptors (Lipinski definition) is 3. The van der Waals surface area contributed by atoms with Crippen molar-refractivity contribution in [2.75, 3.05) is 13.7 Å². The van der Waals surface area contributed by atoms with E-state index in [1.807, 2.05) is 48.4 Å². The summed E-state index contributed by atoms with van der Waals surface area (Å²) in [6, 6.07) is 11.7. The maximum Gasteiger partial charge on any atom is 0.254 e. The van der Waals surface area contributed by atoms with Gasteiger partial charge in [-0.25, -0.2) is 4.98 Å². The van der Waals surface area contributed by atoms with Gasteiger partial charge in [0, 0.05) is 23.9 Å². The van der Waals surface area contributed by atoms with Crippen molar-refractivity contribution in [3.8, 4) is 5.88 Å². The zero-order valence-electron chi connectivity index (χ0n) is 13.7. The van der Waals surface area contributed by atoms with E-state index in [2.05, 4.69) is 11.1 Å². The van der Waals surface area contributed by atoms with E-state index in [9.17, 15) is 4.79 Å². The van der Waals surface area contributed by atoms with E-state index in [1.165, 1.54) is 0 Å². The molecule has 2 heterocycles. The Kier molecular flexibility index (Phi) is 4.60. The van der Waals surface area contributed by atoms with Crippen molar-refractivity contribution < 1.29 is 9.53 Å². The van der Waals surface area contributed by atoms with Crippen LogP contribution in [0.3, 0.4) is 0 Å². The monoisotopic (exact) mass is 310 g/mol. The van der Waals surface area contributed by atoms with Gasteiger partial charge in [0.15, 0.2) is 0 Å². The minimum atomic E-state index is 0.0913. The minimum Gasteiger partial charge on any atom is -0.481 e. The van der Waals surface area contributed by atoms with E-state index in [4.69, 9.17) is 4.74 Å². The summed E-state index contributed by atoms with van der Waals surface area (Å²) in [5.74, 6) is 0.745. The average molecular weight is 310 g/mol. The number of pyridine rings is 1. The van der Waals surface area contributed by atoms with Crippen molar-refractivity contribution >= 4 is 5.91 Å². The number of ether oxygens (including phenoxy) is 1. The topological polar surface area (TPSA) is 42.4 Å². The second-order valence-corrected chi connectivity index (χ2v) is 5.97. The third-order valence-electron chi connectivity index (χ3n) is 4.41. The maximum atomic E-state index is 12.9. The lowest BCUT2D eigenvalue weighted by molar-refractivity contribution is 0.0611. The third kappa shape index (κ3) is 3.21. The predicted molar refractivity (Wildman–Crippen MR) is 89.6 cm³/mol. The molecule has 0 N–H and O–H groups in total. The number of nitrogens with zero attached hydrogens (tertiary/aromatic N) is 2. The lowest BCUT2D eigenvalue weighted by atomic mass is 9.94. The summed E-state index contributed by atoms with van der Waals surface area (Å²) in [6.45, 7) is 2.78. The summed E-state index contributed by atoms with van der Waals surface area (Å²) in [5, 5.41) is 0. The van der Waals surface area contributed by atoms with E-state index >= 15 is 0 Å². The molecular formula is C19H22N2O2. The number of likely N-dealkylation sites (tertiary alicyclic amines) is 1.